The van der Waals surface area contributed by atoms with Crippen molar-refractivity contribution >= 4 is 66.5 Å². The molecule has 0 saturated carbocycles. The van der Waals surface area contributed by atoms with Gasteiger partial charge in [-0.2, -0.15) is 0 Å². The van der Waals surface area contributed by atoms with Crippen LogP contribution in [0.2, 0.25) is 0 Å². The first-order chi connectivity index (χ1) is 13.1. The molecule has 0 unspecified atom stereocenters. The molecular weight excluding hydrogens is 496 g/mol. The van der Waals surface area contributed by atoms with E-state index in [2.05, 4.69) is 36.9 Å². The molecule has 1 amide bonds. The number of thioether (sulfide) groups is 1. The molecule has 1 aliphatic rings. The van der Waals surface area contributed by atoms with Crippen molar-refractivity contribution in [3.8, 4) is 0 Å². The van der Waals surface area contributed by atoms with E-state index in [0.29, 0.717) is 32.8 Å². The average Bonchev–Trinajstić information content (AvgIpc) is 3.35. The zero-order valence-electron chi connectivity index (χ0n) is 13.8. The summed E-state index contributed by atoms with van der Waals surface area (Å²) in [7, 11) is 0. The largest absolute Gasteiger partial charge is 0.467 e. The summed E-state index contributed by atoms with van der Waals surface area (Å²) in [5.74, 6) is 1.12. The lowest BCUT2D eigenvalue weighted by molar-refractivity contribution is -0.122. The average molecular weight is 508 g/mol. The molecular formula is C19H12Br2N2O3S. The minimum atomic E-state index is -0.144. The number of carbonyl (C=O) groups excluding carboxylic acids is 1. The summed E-state index contributed by atoms with van der Waals surface area (Å²) in [6.07, 6.45) is 3.30. The van der Waals surface area contributed by atoms with Gasteiger partial charge in [0.05, 0.1) is 27.9 Å². The molecule has 1 saturated heterocycles. The monoisotopic (exact) mass is 506 g/mol. The Balaban J connectivity index is 1.69. The van der Waals surface area contributed by atoms with Gasteiger partial charge in [-0.3, -0.25) is 9.69 Å². The normalized spacial score (nSPS) is 17.4. The van der Waals surface area contributed by atoms with E-state index in [0.717, 1.165) is 10.2 Å². The van der Waals surface area contributed by atoms with E-state index in [1.807, 2.05) is 36.4 Å². The molecule has 0 radical (unpaired) electrons. The highest BCUT2D eigenvalue weighted by Crippen LogP contribution is 2.36. The summed E-state index contributed by atoms with van der Waals surface area (Å²) in [6, 6.07) is 15.0. The van der Waals surface area contributed by atoms with Gasteiger partial charge in [-0.05, 0) is 74.0 Å². The predicted octanol–water partition coefficient (Wildman–Crippen LogP) is 6.20. The molecule has 1 aromatic carbocycles. The van der Waals surface area contributed by atoms with Crippen LogP contribution in [0.25, 0.3) is 6.08 Å². The second-order valence-electron chi connectivity index (χ2n) is 5.58. The van der Waals surface area contributed by atoms with Crippen LogP contribution < -0.4 is 0 Å². The number of aliphatic imine (C=N–C) groups is 1. The maximum atomic E-state index is 13.0. The number of halogens is 2. The van der Waals surface area contributed by atoms with Crippen LogP contribution in [0.5, 0.6) is 0 Å². The zero-order chi connectivity index (χ0) is 18.8. The molecule has 0 aliphatic carbocycles. The predicted molar refractivity (Wildman–Crippen MR) is 112 cm³/mol. The van der Waals surface area contributed by atoms with Crippen molar-refractivity contribution in [2.75, 3.05) is 0 Å². The summed E-state index contributed by atoms with van der Waals surface area (Å²) < 4.78 is 12.3. The molecule has 5 nitrogen and oxygen atoms in total. The van der Waals surface area contributed by atoms with Crippen LogP contribution >= 0.6 is 43.6 Å². The summed E-state index contributed by atoms with van der Waals surface area (Å²) in [4.78, 5) is 19.8. The van der Waals surface area contributed by atoms with Gasteiger partial charge in [0.25, 0.3) is 5.91 Å². The van der Waals surface area contributed by atoms with Crippen LogP contribution in [-0.4, -0.2) is 16.0 Å². The first kappa shape index (κ1) is 18.3. The van der Waals surface area contributed by atoms with E-state index in [4.69, 9.17) is 8.83 Å². The highest BCUT2D eigenvalue weighted by molar-refractivity contribution is 9.13. The minimum Gasteiger partial charge on any atom is -0.467 e. The Morgan fingerprint density at radius 2 is 1.96 bits per heavy atom. The fourth-order valence-corrected chi connectivity index (χ4v) is 4.05. The molecule has 3 heterocycles. The molecule has 0 spiro atoms. The molecule has 136 valence electrons. The van der Waals surface area contributed by atoms with Crippen molar-refractivity contribution in [3.05, 3.63) is 80.4 Å². The standard InChI is InChI=1S/C19H12Br2N2O3S/c20-15-9-14(26-17(15)21)10-16-18(24)23(11-13-7-4-8-25-13)19(27-16)22-12-5-2-1-3-6-12/h1-10H,11H2/b16-10-,22-19?. The second-order valence-corrected chi connectivity index (χ2v) is 8.17. The lowest BCUT2D eigenvalue weighted by Crippen LogP contribution is -2.28. The number of amidine groups is 1. The highest BCUT2D eigenvalue weighted by Gasteiger charge is 2.34. The van der Waals surface area contributed by atoms with Crippen LogP contribution in [0.4, 0.5) is 5.69 Å². The molecule has 4 rings (SSSR count). The highest BCUT2D eigenvalue weighted by atomic mass is 79.9. The number of carbonyl (C=O) groups is 1. The van der Waals surface area contributed by atoms with Crippen molar-refractivity contribution in [3.63, 3.8) is 0 Å². The van der Waals surface area contributed by atoms with E-state index in [9.17, 15) is 4.79 Å². The van der Waals surface area contributed by atoms with Crippen LogP contribution in [0.3, 0.4) is 0 Å². The number of benzene rings is 1. The molecule has 0 bridgehead atoms. The molecule has 27 heavy (non-hydrogen) atoms. The third kappa shape index (κ3) is 4.12. The Hall–Kier alpha value is -2.03. The van der Waals surface area contributed by atoms with E-state index in [-0.39, 0.29) is 5.91 Å². The van der Waals surface area contributed by atoms with Gasteiger partial charge in [-0.1, -0.05) is 18.2 Å². The van der Waals surface area contributed by atoms with Gasteiger partial charge in [0.1, 0.15) is 11.5 Å². The lowest BCUT2D eigenvalue weighted by atomic mass is 10.3. The first-order valence-corrected chi connectivity index (χ1v) is 10.3. The Morgan fingerprint density at radius 1 is 1.15 bits per heavy atom. The number of nitrogens with zero attached hydrogens (tertiary/aromatic N) is 2. The fraction of sp³-hybridized carbons (Fsp3) is 0.0526. The van der Waals surface area contributed by atoms with Crippen LogP contribution in [0.1, 0.15) is 11.5 Å². The lowest BCUT2D eigenvalue weighted by Gasteiger charge is -2.13. The van der Waals surface area contributed by atoms with Crippen molar-refractivity contribution in [2.24, 2.45) is 4.99 Å². The molecule has 0 atom stereocenters. The zero-order valence-corrected chi connectivity index (χ0v) is 17.8. The van der Waals surface area contributed by atoms with Crippen molar-refractivity contribution in [1.29, 1.82) is 0 Å². The molecule has 0 N–H and O–H groups in total. The van der Waals surface area contributed by atoms with Crippen LogP contribution in [0, 0.1) is 0 Å². The SMILES string of the molecule is O=C1/C(=C/c2cc(Br)c(Br)o2)SC(=Nc2ccccc2)N1Cc1ccco1. The smallest absolute Gasteiger partial charge is 0.267 e. The van der Waals surface area contributed by atoms with Gasteiger partial charge in [0.2, 0.25) is 0 Å². The number of rotatable bonds is 4. The third-order valence-corrected chi connectivity index (χ3v) is 6.42. The van der Waals surface area contributed by atoms with Gasteiger partial charge in [0.15, 0.2) is 9.84 Å². The molecule has 3 aromatic rings. The van der Waals surface area contributed by atoms with Crippen molar-refractivity contribution in [1.82, 2.24) is 4.90 Å². The molecule has 1 fully saturated rings. The maximum Gasteiger partial charge on any atom is 0.267 e. The number of hydrogen-bond acceptors (Lipinski definition) is 5. The molecule has 2 aromatic heterocycles. The third-order valence-electron chi connectivity index (χ3n) is 3.70. The topological polar surface area (TPSA) is 59.0 Å². The van der Waals surface area contributed by atoms with Crippen LogP contribution in [-0.2, 0) is 11.3 Å². The number of furan rings is 2. The quantitative estimate of drug-likeness (QED) is 0.394. The van der Waals surface area contributed by atoms with Gasteiger partial charge in [-0.15, -0.1) is 0 Å². The minimum absolute atomic E-state index is 0.144. The van der Waals surface area contributed by atoms with Crippen molar-refractivity contribution < 1.29 is 13.6 Å². The van der Waals surface area contributed by atoms with E-state index >= 15 is 0 Å². The van der Waals surface area contributed by atoms with Gasteiger partial charge in [0, 0.05) is 6.08 Å². The first-order valence-electron chi connectivity index (χ1n) is 7.92. The van der Waals surface area contributed by atoms with E-state index < -0.39 is 0 Å². The molecule has 1 aliphatic heterocycles. The fourth-order valence-electron chi connectivity index (χ4n) is 2.47. The Morgan fingerprint density at radius 3 is 2.63 bits per heavy atom. The van der Waals surface area contributed by atoms with Gasteiger partial charge < -0.3 is 8.83 Å². The second kappa shape index (κ2) is 7.92. The maximum absolute atomic E-state index is 13.0. The number of amides is 1. The van der Waals surface area contributed by atoms with Gasteiger partial charge >= 0.3 is 0 Å². The summed E-state index contributed by atoms with van der Waals surface area (Å²) in [6.45, 7) is 0.313. The van der Waals surface area contributed by atoms with Gasteiger partial charge in [-0.25, -0.2) is 4.99 Å². The number of hydrogen-bond donors (Lipinski definition) is 0. The Labute approximate surface area is 176 Å². The van der Waals surface area contributed by atoms with E-state index in [1.54, 1.807) is 29.4 Å². The Bertz CT molecular complexity index is 1010. The van der Waals surface area contributed by atoms with Crippen molar-refractivity contribution in [2.45, 2.75) is 6.54 Å². The van der Waals surface area contributed by atoms with Crippen LogP contribution in [0.15, 0.2) is 82.7 Å². The number of para-hydroxylation sites is 1. The summed E-state index contributed by atoms with van der Waals surface area (Å²) >= 11 is 8.00. The summed E-state index contributed by atoms with van der Waals surface area (Å²) in [5, 5.41) is 0.596. The molecule has 8 heteroatoms. The van der Waals surface area contributed by atoms with E-state index in [1.165, 1.54) is 11.8 Å². The summed E-state index contributed by atoms with van der Waals surface area (Å²) in [5.41, 5.74) is 0.780. The Kier molecular flexibility index (Phi) is 5.38.